The SMILES string of the molecule is CCCCCC[C@H]1CC[C@H](c2ccc(-c3ccc(C4=CCC(C)CC4)cc3)cc2)CC1. The minimum absolute atomic E-state index is 0.781. The minimum atomic E-state index is 0.781. The molecule has 1 atom stereocenters. The van der Waals surface area contributed by atoms with Gasteiger partial charge in [-0.1, -0.05) is 101 Å². The summed E-state index contributed by atoms with van der Waals surface area (Å²) in [5.41, 5.74) is 7.22. The number of allylic oxidation sites excluding steroid dienone is 2. The van der Waals surface area contributed by atoms with E-state index in [2.05, 4.69) is 68.5 Å². The molecule has 0 aromatic heterocycles. The van der Waals surface area contributed by atoms with Crippen LogP contribution in [0.5, 0.6) is 0 Å². The summed E-state index contributed by atoms with van der Waals surface area (Å²) in [6, 6.07) is 18.8. The predicted octanol–water partition coefficient (Wildman–Crippen LogP) is 9.80. The Hall–Kier alpha value is -1.82. The summed E-state index contributed by atoms with van der Waals surface area (Å²) in [7, 11) is 0. The Labute approximate surface area is 191 Å². The fourth-order valence-corrected chi connectivity index (χ4v) is 5.70. The van der Waals surface area contributed by atoms with Gasteiger partial charge in [-0.05, 0) is 90.5 Å². The van der Waals surface area contributed by atoms with Crippen molar-refractivity contribution in [1.29, 1.82) is 0 Å². The van der Waals surface area contributed by atoms with Gasteiger partial charge in [-0.25, -0.2) is 0 Å². The van der Waals surface area contributed by atoms with Crippen LogP contribution >= 0.6 is 0 Å². The first-order valence-corrected chi connectivity index (χ1v) is 13.1. The third-order valence-corrected chi connectivity index (χ3v) is 7.96. The maximum Gasteiger partial charge on any atom is -0.0162 e. The van der Waals surface area contributed by atoms with Gasteiger partial charge in [0.2, 0.25) is 0 Å². The molecule has 0 spiro atoms. The molecule has 166 valence electrons. The zero-order chi connectivity index (χ0) is 21.5. The van der Waals surface area contributed by atoms with Crippen molar-refractivity contribution in [3.8, 4) is 11.1 Å². The molecule has 2 aliphatic carbocycles. The molecule has 0 heteroatoms. The predicted molar refractivity (Wildman–Crippen MR) is 136 cm³/mol. The third kappa shape index (κ3) is 6.12. The summed E-state index contributed by atoms with van der Waals surface area (Å²) in [6.07, 6.45) is 19.0. The molecule has 2 aromatic rings. The van der Waals surface area contributed by atoms with Crippen LogP contribution in [0.4, 0.5) is 0 Å². The first-order valence-electron chi connectivity index (χ1n) is 13.1. The van der Waals surface area contributed by atoms with Crippen LogP contribution in [0, 0.1) is 11.8 Å². The number of benzene rings is 2. The van der Waals surface area contributed by atoms with Crippen LogP contribution in [0.3, 0.4) is 0 Å². The summed E-state index contributed by atoms with van der Waals surface area (Å²) in [6.45, 7) is 4.67. The van der Waals surface area contributed by atoms with Gasteiger partial charge in [0.15, 0.2) is 0 Å². The molecule has 0 amide bonds. The molecule has 1 fully saturated rings. The van der Waals surface area contributed by atoms with Crippen molar-refractivity contribution in [2.45, 2.75) is 96.8 Å². The van der Waals surface area contributed by atoms with Crippen LogP contribution in [0.15, 0.2) is 54.6 Å². The Morgan fingerprint density at radius 3 is 1.97 bits per heavy atom. The van der Waals surface area contributed by atoms with Crippen molar-refractivity contribution in [2.24, 2.45) is 11.8 Å². The van der Waals surface area contributed by atoms with Gasteiger partial charge in [0, 0.05) is 0 Å². The van der Waals surface area contributed by atoms with Crippen LogP contribution in [-0.2, 0) is 0 Å². The van der Waals surface area contributed by atoms with Gasteiger partial charge in [0.25, 0.3) is 0 Å². The van der Waals surface area contributed by atoms with Crippen LogP contribution in [-0.4, -0.2) is 0 Å². The van der Waals surface area contributed by atoms with Crippen molar-refractivity contribution in [1.82, 2.24) is 0 Å². The lowest BCUT2D eigenvalue weighted by Crippen LogP contribution is -2.13. The zero-order valence-corrected chi connectivity index (χ0v) is 19.9. The highest BCUT2D eigenvalue weighted by atomic mass is 14.3. The lowest BCUT2D eigenvalue weighted by molar-refractivity contribution is 0.302. The van der Waals surface area contributed by atoms with Gasteiger partial charge in [0.1, 0.15) is 0 Å². The van der Waals surface area contributed by atoms with E-state index in [1.54, 1.807) is 11.1 Å². The summed E-state index contributed by atoms with van der Waals surface area (Å²) in [5.74, 6) is 2.62. The Kier molecular flexibility index (Phi) is 8.06. The van der Waals surface area contributed by atoms with Gasteiger partial charge in [0.05, 0.1) is 0 Å². The van der Waals surface area contributed by atoms with Crippen LogP contribution in [0.2, 0.25) is 0 Å². The average Bonchev–Trinajstić information content (AvgIpc) is 2.83. The van der Waals surface area contributed by atoms with Crippen molar-refractivity contribution < 1.29 is 0 Å². The van der Waals surface area contributed by atoms with Crippen molar-refractivity contribution in [2.75, 3.05) is 0 Å². The molecule has 2 aromatic carbocycles. The third-order valence-electron chi connectivity index (χ3n) is 7.96. The standard InChI is InChI=1S/C31H42/c1-3-4-5-6-7-25-10-14-27(15-11-25)29-18-22-31(23-19-29)30-20-16-28(17-21-30)26-12-8-24(2)9-13-26/h12,16-25,27H,3-11,13-15H2,1-2H3/t24?,25-,27-. The van der Waals surface area contributed by atoms with Gasteiger partial charge in [-0.3, -0.25) is 0 Å². The zero-order valence-electron chi connectivity index (χ0n) is 19.9. The van der Waals surface area contributed by atoms with Gasteiger partial charge in [-0.15, -0.1) is 0 Å². The summed E-state index contributed by atoms with van der Waals surface area (Å²) in [5, 5.41) is 0. The molecule has 0 bridgehead atoms. The van der Waals surface area contributed by atoms with Crippen LogP contribution in [0.25, 0.3) is 16.7 Å². The lowest BCUT2D eigenvalue weighted by atomic mass is 9.77. The highest BCUT2D eigenvalue weighted by Crippen LogP contribution is 2.38. The number of rotatable bonds is 8. The van der Waals surface area contributed by atoms with E-state index < -0.39 is 0 Å². The molecule has 2 aliphatic rings. The molecule has 0 saturated heterocycles. The van der Waals surface area contributed by atoms with E-state index in [4.69, 9.17) is 0 Å². The summed E-state index contributed by atoms with van der Waals surface area (Å²) < 4.78 is 0. The largest absolute Gasteiger partial charge is 0.0805 e. The fourth-order valence-electron chi connectivity index (χ4n) is 5.70. The first-order chi connectivity index (χ1) is 15.2. The average molecular weight is 415 g/mol. The molecule has 4 rings (SSSR count). The second-order valence-electron chi connectivity index (χ2n) is 10.4. The topological polar surface area (TPSA) is 0 Å². The van der Waals surface area contributed by atoms with Crippen LogP contribution < -0.4 is 0 Å². The van der Waals surface area contributed by atoms with Crippen molar-refractivity contribution >= 4 is 5.57 Å². The van der Waals surface area contributed by atoms with E-state index in [9.17, 15) is 0 Å². The first kappa shape index (κ1) is 22.4. The number of hydrogen-bond acceptors (Lipinski definition) is 0. The quantitative estimate of drug-likeness (QED) is 0.377. The molecule has 0 N–H and O–H groups in total. The molecule has 0 nitrogen and oxygen atoms in total. The van der Waals surface area contributed by atoms with Crippen LogP contribution in [0.1, 0.15) is 108 Å². The molecule has 1 saturated carbocycles. The highest BCUT2D eigenvalue weighted by molar-refractivity contribution is 5.71. The maximum absolute atomic E-state index is 2.46. The Balaban J connectivity index is 1.30. The van der Waals surface area contributed by atoms with E-state index in [0.717, 1.165) is 17.8 Å². The second kappa shape index (κ2) is 11.2. The minimum Gasteiger partial charge on any atom is -0.0805 e. The Morgan fingerprint density at radius 2 is 1.35 bits per heavy atom. The fraction of sp³-hybridized carbons (Fsp3) is 0.548. The molecule has 1 unspecified atom stereocenters. The van der Waals surface area contributed by atoms with E-state index in [-0.39, 0.29) is 0 Å². The Morgan fingerprint density at radius 1 is 0.710 bits per heavy atom. The smallest absolute Gasteiger partial charge is 0.0162 e. The maximum atomic E-state index is 2.46. The molecule has 0 aliphatic heterocycles. The van der Waals surface area contributed by atoms with E-state index in [1.165, 1.54) is 93.7 Å². The normalized spacial score (nSPS) is 24.1. The Bertz CT molecular complexity index is 815. The monoisotopic (exact) mass is 414 g/mol. The molecule has 0 heterocycles. The number of hydrogen-bond donors (Lipinski definition) is 0. The van der Waals surface area contributed by atoms with Gasteiger partial charge in [-0.2, -0.15) is 0 Å². The summed E-state index contributed by atoms with van der Waals surface area (Å²) in [4.78, 5) is 0. The highest BCUT2D eigenvalue weighted by Gasteiger charge is 2.22. The van der Waals surface area contributed by atoms with E-state index >= 15 is 0 Å². The lowest BCUT2D eigenvalue weighted by Gasteiger charge is -2.29. The number of unbranched alkanes of at least 4 members (excludes halogenated alkanes) is 3. The molecule has 0 radical (unpaired) electrons. The molecule has 31 heavy (non-hydrogen) atoms. The molecular formula is C31H42. The van der Waals surface area contributed by atoms with Gasteiger partial charge < -0.3 is 0 Å². The van der Waals surface area contributed by atoms with E-state index in [1.807, 2.05) is 0 Å². The van der Waals surface area contributed by atoms with E-state index in [0.29, 0.717) is 0 Å². The molecular weight excluding hydrogens is 372 g/mol. The van der Waals surface area contributed by atoms with Crippen molar-refractivity contribution in [3.63, 3.8) is 0 Å². The second-order valence-corrected chi connectivity index (χ2v) is 10.4. The van der Waals surface area contributed by atoms with Gasteiger partial charge >= 0.3 is 0 Å². The summed E-state index contributed by atoms with van der Waals surface area (Å²) >= 11 is 0. The van der Waals surface area contributed by atoms with Crippen molar-refractivity contribution in [3.05, 3.63) is 65.7 Å².